The van der Waals surface area contributed by atoms with Gasteiger partial charge in [0, 0.05) is 12.7 Å². The average molecular weight is 1070 g/mol. The molecule has 20 N–H and O–H groups in total. The number of aldehydes is 1. The maximum Gasteiger partial charge on any atom is 0.187 e. The van der Waals surface area contributed by atoms with Gasteiger partial charge in [-0.15, -0.1) is 0 Å². The number of carbonyl (C=O) groups excluding carboxylic acids is 1. The van der Waals surface area contributed by atoms with Crippen LogP contribution in [-0.4, -0.2) is 326 Å². The molecule has 0 aromatic carbocycles. The Hall–Kier alpha value is -2.54. The molecule has 0 aliphatic carbocycles. The van der Waals surface area contributed by atoms with Crippen molar-refractivity contribution >= 4 is 12.1 Å². The van der Waals surface area contributed by atoms with Crippen molar-refractivity contribution in [3.8, 4) is 0 Å². The third-order valence-electron chi connectivity index (χ3n) is 12.9. The summed E-state index contributed by atoms with van der Waals surface area (Å²) in [6.07, 6.45) is -54.8. The minimum absolute atomic E-state index is 0.121. The van der Waals surface area contributed by atoms with Crippen molar-refractivity contribution in [2.45, 2.75) is 178 Å². The highest BCUT2D eigenvalue weighted by Gasteiger charge is 2.57. The Bertz CT molecular complexity index is 1800. The van der Waals surface area contributed by atoms with Gasteiger partial charge in [-0.3, -0.25) is 0 Å². The summed E-state index contributed by atoms with van der Waals surface area (Å²) in [6.45, 7) is -5.31. The molecule has 1 aromatic rings. The molecule has 0 bridgehead atoms. The number of carbonyl (C=O) groups is 1. The number of nitrogens with zero attached hydrogens (tertiary/aromatic N) is 1. The summed E-state index contributed by atoms with van der Waals surface area (Å²) in [4.78, 5) is 15.1. The van der Waals surface area contributed by atoms with Crippen LogP contribution in [0.4, 0.5) is 5.82 Å². The molecule has 73 heavy (non-hydrogen) atoms. The third kappa shape index (κ3) is 13.2. The van der Waals surface area contributed by atoms with E-state index in [0.717, 1.165) is 0 Å². The molecule has 5 aliphatic heterocycles. The number of pyridine rings is 1. The second kappa shape index (κ2) is 26.7. The van der Waals surface area contributed by atoms with E-state index >= 15 is 0 Å². The van der Waals surface area contributed by atoms with Crippen LogP contribution in [0.1, 0.15) is 0 Å². The van der Waals surface area contributed by atoms with E-state index in [-0.39, 0.29) is 12.8 Å². The van der Waals surface area contributed by atoms with Crippen molar-refractivity contribution < 1.29 is 149 Å². The van der Waals surface area contributed by atoms with Gasteiger partial charge in [-0.2, -0.15) is 0 Å². The van der Waals surface area contributed by atoms with E-state index in [0.29, 0.717) is 5.82 Å². The van der Waals surface area contributed by atoms with Crippen LogP contribution < -0.4 is 5.32 Å². The predicted molar refractivity (Wildman–Crippen MR) is 226 cm³/mol. The molecular formula is C41H66N2O30. The van der Waals surface area contributed by atoms with Crippen molar-refractivity contribution in [3.05, 3.63) is 24.4 Å². The van der Waals surface area contributed by atoms with Crippen LogP contribution in [-0.2, 0) is 52.2 Å². The van der Waals surface area contributed by atoms with Crippen LogP contribution in [0.5, 0.6) is 0 Å². The van der Waals surface area contributed by atoms with Gasteiger partial charge in [-0.05, 0) is 12.1 Å². The number of hydrogen-bond donors (Lipinski definition) is 20. The summed E-state index contributed by atoms with van der Waals surface area (Å²) in [5.74, 6) is 0.375. The monoisotopic (exact) mass is 1070 g/mol. The van der Waals surface area contributed by atoms with E-state index in [1.54, 1.807) is 18.2 Å². The fraction of sp³-hybridized carbons (Fsp3) is 0.854. The number of aromatic nitrogens is 1. The summed E-state index contributed by atoms with van der Waals surface area (Å²) in [5.41, 5.74) is 0. The highest BCUT2D eigenvalue weighted by molar-refractivity contribution is 5.56. The molecule has 1 aromatic heterocycles. The van der Waals surface area contributed by atoms with Crippen LogP contribution in [0.2, 0.25) is 0 Å². The molecule has 5 saturated heterocycles. The second-order valence-corrected chi connectivity index (χ2v) is 17.8. The Kier molecular flexibility index (Phi) is 21.8. The van der Waals surface area contributed by atoms with Gasteiger partial charge >= 0.3 is 0 Å². The number of ether oxygens (including phenoxy) is 10. The first-order valence-electron chi connectivity index (χ1n) is 23.0. The zero-order valence-corrected chi connectivity index (χ0v) is 38.3. The maximum atomic E-state index is 11.3. The zero-order chi connectivity index (χ0) is 53.6. The second-order valence-electron chi connectivity index (χ2n) is 17.8. The van der Waals surface area contributed by atoms with Gasteiger partial charge in [0.05, 0.1) is 33.0 Å². The average Bonchev–Trinajstić information content (AvgIpc) is 3.40. The lowest BCUT2D eigenvalue weighted by Gasteiger charge is -2.49. The number of aliphatic hydroxyl groups excluding tert-OH is 19. The van der Waals surface area contributed by atoms with E-state index in [9.17, 15) is 102 Å². The van der Waals surface area contributed by atoms with Crippen molar-refractivity contribution in [2.24, 2.45) is 0 Å². The number of nitrogens with one attached hydrogen (secondary N) is 1. The molecular weight excluding hydrogens is 1000 g/mol. The van der Waals surface area contributed by atoms with E-state index in [1.165, 1.54) is 6.20 Å². The van der Waals surface area contributed by atoms with Crippen molar-refractivity contribution in [1.82, 2.24) is 4.98 Å². The summed E-state index contributed by atoms with van der Waals surface area (Å²) in [5, 5.41) is 204. The molecule has 5 aliphatic rings. The van der Waals surface area contributed by atoms with Gasteiger partial charge in [0.2, 0.25) is 0 Å². The molecule has 0 saturated carbocycles. The number of rotatable bonds is 22. The highest BCUT2D eigenvalue weighted by Crippen LogP contribution is 2.36. The van der Waals surface area contributed by atoms with Crippen molar-refractivity contribution in [1.29, 1.82) is 0 Å². The molecule has 420 valence electrons. The van der Waals surface area contributed by atoms with Gasteiger partial charge in [0.25, 0.3) is 0 Å². The fourth-order valence-corrected chi connectivity index (χ4v) is 8.75. The molecule has 0 radical (unpaired) electrons. The van der Waals surface area contributed by atoms with E-state index < -0.39 is 211 Å². The van der Waals surface area contributed by atoms with Gasteiger partial charge in [-0.25, -0.2) is 4.98 Å². The summed E-state index contributed by atoms with van der Waals surface area (Å²) in [7, 11) is 0. The molecule has 5 fully saturated rings. The summed E-state index contributed by atoms with van der Waals surface area (Å²) < 4.78 is 56.0. The topological polar surface area (TPSA) is 519 Å². The Labute approximate surface area is 413 Å². The number of aliphatic hydroxyl groups is 19. The Balaban J connectivity index is 1.06. The van der Waals surface area contributed by atoms with Crippen LogP contribution >= 0.6 is 0 Å². The smallest absolute Gasteiger partial charge is 0.187 e. The first-order valence-corrected chi connectivity index (χ1v) is 23.0. The van der Waals surface area contributed by atoms with Crippen LogP contribution in [0.3, 0.4) is 0 Å². The SMILES string of the molecule is O=C[C@H](O)[C@@H](O)[C@H](O[C@H]1O[C@H](CO)[C@@H](O[C@H]2O[C@H](CO)[C@@H](O[C@H]3O[C@H](CO)[C@@H](O[C@H]4O[C@H](CO)[C@@H](O[C@H]5O[C@H](CNc6ccccn6)[C@@H](O)[C@H](O)[C@H]5O)[C@H](O)[C@H]4O)[C@H](O)[C@H]3O)[C@H](O)[C@H]2O)[C@H](O)[C@H]1O)[C@H](O)CO. The minimum atomic E-state index is -2.20. The predicted octanol–water partition coefficient (Wildman–Crippen LogP) is -12.7. The largest absolute Gasteiger partial charge is 0.394 e. The fourth-order valence-electron chi connectivity index (χ4n) is 8.75. The Morgan fingerprint density at radius 2 is 0.877 bits per heavy atom. The van der Waals surface area contributed by atoms with Crippen LogP contribution in [0, 0.1) is 0 Å². The highest BCUT2D eigenvalue weighted by atomic mass is 16.8. The molecule has 0 spiro atoms. The summed E-state index contributed by atoms with van der Waals surface area (Å²) in [6, 6.07) is 4.94. The van der Waals surface area contributed by atoms with E-state index in [1.807, 2.05) is 0 Å². The van der Waals surface area contributed by atoms with Gasteiger partial charge in [0.1, 0.15) is 152 Å². The van der Waals surface area contributed by atoms with E-state index in [2.05, 4.69) is 10.3 Å². The lowest BCUT2D eigenvalue weighted by Crippen LogP contribution is -2.68. The first kappa shape index (κ1) is 59.7. The standard InChI is InChI=1S/C41H66N2O30/c44-6-12(50)20(52)32(13(51)7-45)69-38-28(60)23(55)34(15(8-46)65-38)71-40-30(62)25(57)36(17(10-48)67-40)73-41-31(63)26(58)35(18(11-49)68-41)72-39-29(61)24(56)33(16(9-47)66-39)70-37-27(59)22(54)21(53)14(64-37)5-43-19-3-1-2-4-42-19/h1-4,6,12-18,20-41,45-63H,5,7-11H2,(H,42,43)/t12-,13+,14+,15+,16+,17+,18+,20+,21+,22-,23+,24+,25+,26+,27+,28+,29+,30+,31+,32+,33+,34+,35+,36+,37+,38+,39+,40+,41+/m0/s1. The van der Waals surface area contributed by atoms with Crippen LogP contribution in [0.15, 0.2) is 24.4 Å². The minimum Gasteiger partial charge on any atom is -0.394 e. The van der Waals surface area contributed by atoms with E-state index in [4.69, 9.17) is 47.4 Å². The van der Waals surface area contributed by atoms with Gasteiger partial charge in [0.15, 0.2) is 37.7 Å². The number of hydrogen-bond acceptors (Lipinski definition) is 32. The molecule has 0 unspecified atom stereocenters. The summed E-state index contributed by atoms with van der Waals surface area (Å²) >= 11 is 0. The normalized spacial score (nSPS) is 45.2. The first-order chi connectivity index (χ1) is 34.7. The maximum absolute atomic E-state index is 11.3. The zero-order valence-electron chi connectivity index (χ0n) is 38.3. The molecule has 6 heterocycles. The quantitative estimate of drug-likeness (QED) is 0.0480. The lowest BCUT2D eigenvalue weighted by molar-refractivity contribution is -0.394. The molecule has 29 atom stereocenters. The van der Waals surface area contributed by atoms with Gasteiger partial charge < -0.3 is 155 Å². The number of anilines is 1. The Morgan fingerprint density at radius 3 is 1.23 bits per heavy atom. The molecule has 32 heteroatoms. The Morgan fingerprint density at radius 1 is 0.507 bits per heavy atom. The van der Waals surface area contributed by atoms with Crippen molar-refractivity contribution in [2.75, 3.05) is 44.9 Å². The van der Waals surface area contributed by atoms with Crippen molar-refractivity contribution in [3.63, 3.8) is 0 Å². The lowest BCUT2D eigenvalue weighted by atomic mass is 9.95. The van der Waals surface area contributed by atoms with Crippen LogP contribution in [0.25, 0.3) is 0 Å². The molecule has 0 amide bonds. The third-order valence-corrected chi connectivity index (χ3v) is 12.9. The molecule has 32 nitrogen and oxygen atoms in total. The van der Waals surface area contributed by atoms with Gasteiger partial charge in [-0.1, -0.05) is 6.07 Å². The molecule has 6 rings (SSSR count).